The molecule has 0 saturated heterocycles. The molecule has 1 amide bonds. The molecule has 0 spiro atoms. The second-order valence-corrected chi connectivity index (χ2v) is 9.29. The van der Waals surface area contributed by atoms with Crippen LogP contribution in [0.15, 0.2) is 29.3 Å². The number of benzene rings is 1. The molecule has 2 heterocycles. The van der Waals surface area contributed by atoms with Crippen LogP contribution in [0, 0.1) is 0 Å². The van der Waals surface area contributed by atoms with Crippen molar-refractivity contribution in [3.05, 3.63) is 35.4 Å². The van der Waals surface area contributed by atoms with Gasteiger partial charge in [0.1, 0.15) is 5.60 Å². The lowest BCUT2D eigenvalue weighted by Crippen LogP contribution is -2.44. The van der Waals surface area contributed by atoms with E-state index < -0.39 is 5.60 Å². The predicted octanol–water partition coefficient (Wildman–Crippen LogP) is 4.42. The average Bonchev–Trinajstić information content (AvgIpc) is 3.20. The van der Waals surface area contributed by atoms with Gasteiger partial charge in [0.15, 0.2) is 5.96 Å². The van der Waals surface area contributed by atoms with Gasteiger partial charge in [0.05, 0.1) is 5.69 Å². The normalized spacial score (nSPS) is 20.2. The Labute approximate surface area is 173 Å². The molecule has 29 heavy (non-hydrogen) atoms. The summed E-state index contributed by atoms with van der Waals surface area (Å²) < 4.78 is 5.49. The molecule has 2 aliphatic heterocycles. The second-order valence-electron chi connectivity index (χ2n) is 9.29. The molecule has 0 aromatic heterocycles. The number of aliphatic imine (C=N–C) groups is 1. The molecule has 0 bridgehead atoms. The summed E-state index contributed by atoms with van der Waals surface area (Å²) in [6.07, 6.45) is 7.70. The molecule has 6 heteroatoms. The molecule has 1 aromatic carbocycles. The zero-order chi connectivity index (χ0) is 20.6. The fourth-order valence-electron chi connectivity index (χ4n) is 4.43. The van der Waals surface area contributed by atoms with Crippen LogP contribution < -0.4 is 5.73 Å². The van der Waals surface area contributed by atoms with E-state index in [-0.39, 0.29) is 6.09 Å². The Hall–Kier alpha value is -2.50. The van der Waals surface area contributed by atoms with Crippen molar-refractivity contribution < 1.29 is 9.53 Å². The van der Waals surface area contributed by atoms with Crippen LogP contribution in [0.2, 0.25) is 0 Å². The Morgan fingerprint density at radius 1 is 1.24 bits per heavy atom. The Kier molecular flexibility index (Phi) is 5.28. The minimum atomic E-state index is -0.465. The number of carbonyl (C=O) groups is 1. The SMILES string of the molecule is CC(C)(C)OC(=O)N1CC=C(c2ccc3c(c2)CN(C2CCCC2)C(N)=N3)CC1. The molecule has 1 fully saturated rings. The molecular formula is C23H32N4O2. The van der Waals surface area contributed by atoms with E-state index in [1.807, 2.05) is 20.8 Å². The van der Waals surface area contributed by atoms with E-state index >= 15 is 0 Å². The highest BCUT2D eigenvalue weighted by Crippen LogP contribution is 2.34. The van der Waals surface area contributed by atoms with Crippen molar-refractivity contribution in [2.24, 2.45) is 10.7 Å². The van der Waals surface area contributed by atoms with Crippen LogP contribution in [0.4, 0.5) is 10.5 Å². The maximum Gasteiger partial charge on any atom is 0.410 e. The van der Waals surface area contributed by atoms with Gasteiger partial charge in [0.25, 0.3) is 0 Å². The van der Waals surface area contributed by atoms with Gasteiger partial charge in [-0.25, -0.2) is 9.79 Å². The number of nitrogens with two attached hydrogens (primary N) is 1. The molecule has 1 aromatic rings. The van der Waals surface area contributed by atoms with E-state index in [0.717, 1.165) is 18.7 Å². The van der Waals surface area contributed by atoms with Crippen LogP contribution in [0.3, 0.4) is 0 Å². The number of hydrogen-bond donors (Lipinski definition) is 1. The van der Waals surface area contributed by atoms with Gasteiger partial charge >= 0.3 is 6.09 Å². The maximum atomic E-state index is 12.3. The molecule has 0 unspecified atom stereocenters. The van der Waals surface area contributed by atoms with Crippen molar-refractivity contribution in [3.8, 4) is 0 Å². The number of guanidine groups is 1. The highest BCUT2D eigenvalue weighted by atomic mass is 16.6. The van der Waals surface area contributed by atoms with E-state index in [1.165, 1.54) is 42.4 Å². The van der Waals surface area contributed by atoms with Gasteiger partial charge in [-0.2, -0.15) is 0 Å². The van der Waals surface area contributed by atoms with E-state index in [4.69, 9.17) is 10.5 Å². The first-order valence-electron chi connectivity index (χ1n) is 10.7. The Morgan fingerprint density at radius 3 is 2.66 bits per heavy atom. The minimum absolute atomic E-state index is 0.241. The van der Waals surface area contributed by atoms with Gasteiger partial charge in [-0.15, -0.1) is 0 Å². The lowest BCUT2D eigenvalue weighted by molar-refractivity contribution is 0.0270. The summed E-state index contributed by atoms with van der Waals surface area (Å²) in [5, 5.41) is 0. The van der Waals surface area contributed by atoms with Crippen LogP contribution in [-0.2, 0) is 11.3 Å². The van der Waals surface area contributed by atoms with Crippen LogP contribution >= 0.6 is 0 Å². The number of ether oxygens (including phenoxy) is 1. The molecule has 4 rings (SSSR count). The Morgan fingerprint density at radius 2 is 2.00 bits per heavy atom. The van der Waals surface area contributed by atoms with Crippen LogP contribution in [-0.4, -0.2) is 46.6 Å². The number of rotatable bonds is 2. The van der Waals surface area contributed by atoms with Crippen molar-refractivity contribution >= 4 is 23.3 Å². The number of hydrogen-bond acceptors (Lipinski definition) is 5. The molecule has 1 saturated carbocycles. The highest BCUT2D eigenvalue weighted by molar-refractivity contribution is 5.84. The van der Waals surface area contributed by atoms with Gasteiger partial charge in [-0.3, -0.25) is 0 Å². The van der Waals surface area contributed by atoms with E-state index in [2.05, 4.69) is 34.2 Å². The van der Waals surface area contributed by atoms with Crippen molar-refractivity contribution in [3.63, 3.8) is 0 Å². The quantitative estimate of drug-likeness (QED) is 0.803. The molecule has 0 radical (unpaired) electrons. The van der Waals surface area contributed by atoms with Crippen molar-refractivity contribution in [2.45, 2.75) is 71.1 Å². The number of fused-ring (bicyclic) bond motifs is 1. The summed E-state index contributed by atoms with van der Waals surface area (Å²) in [4.78, 5) is 21.0. The van der Waals surface area contributed by atoms with E-state index in [0.29, 0.717) is 25.1 Å². The van der Waals surface area contributed by atoms with Gasteiger partial charge in [-0.05, 0) is 68.9 Å². The average molecular weight is 397 g/mol. The summed E-state index contributed by atoms with van der Waals surface area (Å²) >= 11 is 0. The first-order valence-corrected chi connectivity index (χ1v) is 10.7. The van der Waals surface area contributed by atoms with Crippen molar-refractivity contribution in [1.29, 1.82) is 0 Å². The second kappa shape index (κ2) is 7.73. The van der Waals surface area contributed by atoms with E-state index in [1.54, 1.807) is 4.90 Å². The molecule has 3 aliphatic rings. The Bertz CT molecular complexity index is 847. The number of carbonyl (C=O) groups excluding carboxylic acids is 1. The van der Waals surface area contributed by atoms with Gasteiger partial charge in [0.2, 0.25) is 0 Å². The molecule has 6 nitrogen and oxygen atoms in total. The smallest absolute Gasteiger partial charge is 0.410 e. The summed E-state index contributed by atoms with van der Waals surface area (Å²) in [5.41, 5.74) is 10.5. The first kappa shape index (κ1) is 19.8. The zero-order valence-electron chi connectivity index (χ0n) is 17.8. The first-order chi connectivity index (χ1) is 13.8. The summed E-state index contributed by atoms with van der Waals surface area (Å²) in [5.74, 6) is 0.655. The maximum absolute atomic E-state index is 12.3. The van der Waals surface area contributed by atoms with Gasteiger partial charge < -0.3 is 20.3 Å². The lowest BCUT2D eigenvalue weighted by Gasteiger charge is -2.33. The third-order valence-electron chi connectivity index (χ3n) is 5.95. The fraction of sp³-hybridized carbons (Fsp3) is 0.565. The molecule has 156 valence electrons. The molecule has 2 N–H and O–H groups in total. The number of amides is 1. The predicted molar refractivity (Wildman–Crippen MR) is 116 cm³/mol. The standard InChI is InChI=1S/C23H32N4O2/c1-23(2,3)29-22(28)26-12-10-16(11-13-26)17-8-9-20-18(14-17)15-27(21(24)25-20)19-6-4-5-7-19/h8-10,14,19H,4-7,11-13,15H2,1-3H3,(H2,24,25). The number of nitrogens with zero attached hydrogens (tertiary/aromatic N) is 3. The summed E-state index contributed by atoms with van der Waals surface area (Å²) in [6, 6.07) is 6.97. The largest absolute Gasteiger partial charge is 0.444 e. The third-order valence-corrected chi connectivity index (χ3v) is 5.95. The van der Waals surface area contributed by atoms with Gasteiger partial charge in [-0.1, -0.05) is 25.0 Å². The van der Waals surface area contributed by atoms with Crippen LogP contribution in [0.25, 0.3) is 5.57 Å². The summed E-state index contributed by atoms with van der Waals surface area (Å²) in [7, 11) is 0. The minimum Gasteiger partial charge on any atom is -0.444 e. The Balaban J connectivity index is 1.47. The van der Waals surface area contributed by atoms with Crippen LogP contribution in [0.1, 0.15) is 64.0 Å². The van der Waals surface area contributed by atoms with E-state index in [9.17, 15) is 4.79 Å². The monoisotopic (exact) mass is 396 g/mol. The zero-order valence-corrected chi connectivity index (χ0v) is 17.8. The fourth-order valence-corrected chi connectivity index (χ4v) is 4.43. The molecule has 0 atom stereocenters. The van der Waals surface area contributed by atoms with Crippen molar-refractivity contribution in [2.75, 3.05) is 13.1 Å². The summed E-state index contributed by atoms with van der Waals surface area (Å²) in [6.45, 7) is 7.78. The van der Waals surface area contributed by atoms with Gasteiger partial charge in [0, 0.05) is 25.7 Å². The molecular weight excluding hydrogens is 364 g/mol. The van der Waals surface area contributed by atoms with Crippen molar-refractivity contribution in [1.82, 2.24) is 9.80 Å². The third kappa shape index (κ3) is 4.41. The molecule has 1 aliphatic carbocycles. The topological polar surface area (TPSA) is 71.2 Å². The highest BCUT2D eigenvalue weighted by Gasteiger charge is 2.28. The van der Waals surface area contributed by atoms with Crippen LogP contribution in [0.5, 0.6) is 0 Å². The lowest BCUT2D eigenvalue weighted by atomic mass is 9.96.